The number of hydrogen-bond acceptors (Lipinski definition) is 3. The molecule has 2 rings (SSSR count). The Kier molecular flexibility index (Phi) is 6.43. The number of aromatic amines is 1. The highest BCUT2D eigenvalue weighted by atomic mass is 16.2. The highest BCUT2D eigenvalue weighted by Crippen LogP contribution is 2.28. The van der Waals surface area contributed by atoms with Crippen LogP contribution in [0, 0.1) is 0 Å². The summed E-state index contributed by atoms with van der Waals surface area (Å²) in [6, 6.07) is 1.63. The van der Waals surface area contributed by atoms with Crippen LogP contribution in [0.25, 0.3) is 0 Å². The van der Waals surface area contributed by atoms with Gasteiger partial charge in [0.1, 0.15) is 5.82 Å². The molecule has 1 aromatic heterocycles. The van der Waals surface area contributed by atoms with Crippen molar-refractivity contribution in [2.24, 2.45) is 0 Å². The van der Waals surface area contributed by atoms with E-state index in [2.05, 4.69) is 15.7 Å². The molecule has 0 unspecified atom stereocenters. The first kappa shape index (κ1) is 17.3. The average molecular weight is 322 g/mol. The first-order chi connectivity index (χ1) is 11.1. The molecule has 3 N–H and O–H groups in total. The Bertz CT molecular complexity index is 582. The molecule has 0 spiro atoms. The Hall–Kier alpha value is -2.05. The fraction of sp³-hybridized carbons (Fsp3) is 0.688. The summed E-state index contributed by atoms with van der Waals surface area (Å²) in [5.74, 6) is 0.110. The van der Waals surface area contributed by atoms with E-state index in [1.807, 2.05) is 6.92 Å². The molecule has 0 aliphatic heterocycles. The smallest absolute Gasteiger partial charge is 0.266 e. The van der Waals surface area contributed by atoms with E-state index in [9.17, 15) is 14.4 Å². The van der Waals surface area contributed by atoms with Gasteiger partial charge in [0.2, 0.25) is 11.8 Å². The van der Waals surface area contributed by atoms with Crippen LogP contribution in [0.2, 0.25) is 0 Å². The number of hydrogen-bond donors (Lipinski definition) is 3. The minimum atomic E-state index is -0.252. The predicted octanol–water partition coefficient (Wildman–Crippen LogP) is 1.93. The number of nitrogens with one attached hydrogen (secondary N) is 3. The van der Waals surface area contributed by atoms with Crippen molar-refractivity contribution in [1.82, 2.24) is 15.1 Å². The first-order valence-electron chi connectivity index (χ1n) is 8.48. The summed E-state index contributed by atoms with van der Waals surface area (Å²) in [4.78, 5) is 35.1. The highest BCUT2D eigenvalue weighted by molar-refractivity contribution is 5.92. The second kappa shape index (κ2) is 8.55. The third-order valence-electron chi connectivity index (χ3n) is 4.17. The monoisotopic (exact) mass is 322 g/mol. The van der Waals surface area contributed by atoms with E-state index in [4.69, 9.17) is 0 Å². The van der Waals surface area contributed by atoms with Crippen LogP contribution in [0.15, 0.2) is 10.9 Å². The van der Waals surface area contributed by atoms with Crippen LogP contribution in [-0.2, 0) is 9.59 Å². The molecule has 0 aromatic carbocycles. The van der Waals surface area contributed by atoms with Crippen molar-refractivity contribution < 1.29 is 9.59 Å². The first-order valence-corrected chi connectivity index (χ1v) is 8.48. The number of H-pyrrole nitrogens is 1. The van der Waals surface area contributed by atoms with Crippen molar-refractivity contribution >= 4 is 17.6 Å². The van der Waals surface area contributed by atoms with E-state index in [1.54, 1.807) is 4.68 Å². The van der Waals surface area contributed by atoms with Crippen LogP contribution in [-0.4, -0.2) is 28.1 Å². The average Bonchev–Trinajstić information content (AvgIpc) is 2.73. The zero-order valence-electron chi connectivity index (χ0n) is 13.7. The van der Waals surface area contributed by atoms with E-state index in [0.717, 1.165) is 25.7 Å². The van der Waals surface area contributed by atoms with Crippen LogP contribution in [0.3, 0.4) is 0 Å². The van der Waals surface area contributed by atoms with Crippen LogP contribution in [0.4, 0.5) is 5.82 Å². The fourth-order valence-corrected chi connectivity index (χ4v) is 3.02. The summed E-state index contributed by atoms with van der Waals surface area (Å²) in [6.45, 7) is 2.39. The molecule has 1 aromatic rings. The summed E-state index contributed by atoms with van der Waals surface area (Å²) in [7, 11) is 0. The molecule has 0 atom stereocenters. The van der Waals surface area contributed by atoms with Gasteiger partial charge in [-0.1, -0.05) is 25.7 Å². The second-order valence-corrected chi connectivity index (χ2v) is 6.02. The maximum absolute atomic E-state index is 12.0. The molecule has 128 valence electrons. The topological polar surface area (TPSA) is 96.0 Å². The second-order valence-electron chi connectivity index (χ2n) is 6.02. The zero-order valence-corrected chi connectivity index (χ0v) is 13.7. The maximum atomic E-state index is 12.0. The summed E-state index contributed by atoms with van der Waals surface area (Å²) >= 11 is 0. The molecule has 7 heteroatoms. The molecular weight excluding hydrogens is 296 g/mol. The molecule has 7 nitrogen and oxygen atoms in total. The van der Waals surface area contributed by atoms with Gasteiger partial charge in [-0.3, -0.25) is 24.2 Å². The van der Waals surface area contributed by atoms with Gasteiger partial charge < -0.3 is 10.6 Å². The summed E-state index contributed by atoms with van der Waals surface area (Å²) in [5, 5.41) is 8.22. The van der Waals surface area contributed by atoms with Gasteiger partial charge in [0, 0.05) is 25.5 Å². The SMILES string of the molecule is CCNC(=O)CCC(=O)Nc1cc(=O)[nH]n1C1CCCCCC1. The molecular formula is C16H26N4O3. The molecule has 0 radical (unpaired) electrons. The van der Waals surface area contributed by atoms with Gasteiger partial charge in [-0.05, 0) is 19.8 Å². The molecule has 0 saturated heterocycles. The van der Waals surface area contributed by atoms with E-state index >= 15 is 0 Å². The Labute approximate surface area is 135 Å². The Balaban J connectivity index is 1.98. The molecule has 23 heavy (non-hydrogen) atoms. The fourth-order valence-electron chi connectivity index (χ4n) is 3.02. The Morgan fingerprint density at radius 2 is 1.83 bits per heavy atom. The minimum Gasteiger partial charge on any atom is -0.356 e. The predicted molar refractivity (Wildman–Crippen MR) is 88.3 cm³/mol. The quantitative estimate of drug-likeness (QED) is 0.698. The van der Waals surface area contributed by atoms with Gasteiger partial charge in [-0.2, -0.15) is 0 Å². The lowest BCUT2D eigenvalue weighted by Gasteiger charge is -2.19. The van der Waals surface area contributed by atoms with Gasteiger partial charge in [0.25, 0.3) is 5.56 Å². The largest absolute Gasteiger partial charge is 0.356 e. The van der Waals surface area contributed by atoms with Crippen LogP contribution in [0.5, 0.6) is 0 Å². The van der Waals surface area contributed by atoms with Crippen molar-refractivity contribution in [2.75, 3.05) is 11.9 Å². The normalized spacial score (nSPS) is 15.9. The minimum absolute atomic E-state index is 0.107. The summed E-state index contributed by atoms with van der Waals surface area (Å²) in [5.41, 5.74) is -0.215. The van der Waals surface area contributed by atoms with Gasteiger partial charge in [-0.15, -0.1) is 0 Å². The third kappa shape index (κ3) is 5.26. The lowest BCUT2D eigenvalue weighted by Crippen LogP contribution is -2.25. The zero-order chi connectivity index (χ0) is 16.7. The van der Waals surface area contributed by atoms with Crippen molar-refractivity contribution in [3.05, 3.63) is 16.4 Å². The number of rotatable bonds is 6. The summed E-state index contributed by atoms with van der Waals surface area (Å²) < 4.78 is 1.79. The number of anilines is 1. The van der Waals surface area contributed by atoms with E-state index in [-0.39, 0.29) is 36.3 Å². The van der Waals surface area contributed by atoms with Crippen LogP contribution >= 0.6 is 0 Å². The van der Waals surface area contributed by atoms with Gasteiger partial charge in [0.15, 0.2) is 0 Å². The molecule has 1 saturated carbocycles. The van der Waals surface area contributed by atoms with Crippen molar-refractivity contribution in [3.8, 4) is 0 Å². The van der Waals surface area contributed by atoms with Gasteiger partial charge >= 0.3 is 0 Å². The van der Waals surface area contributed by atoms with Crippen LogP contribution in [0.1, 0.15) is 64.3 Å². The van der Waals surface area contributed by atoms with Gasteiger partial charge in [0.05, 0.1) is 6.04 Å². The van der Waals surface area contributed by atoms with E-state index in [0.29, 0.717) is 12.4 Å². The lowest BCUT2D eigenvalue weighted by molar-refractivity contribution is -0.124. The van der Waals surface area contributed by atoms with Crippen LogP contribution < -0.4 is 16.2 Å². The molecule has 1 heterocycles. The molecule has 0 bridgehead atoms. The van der Waals surface area contributed by atoms with Crippen molar-refractivity contribution in [1.29, 1.82) is 0 Å². The number of carbonyl (C=O) groups is 2. The Morgan fingerprint density at radius 1 is 1.17 bits per heavy atom. The lowest BCUT2D eigenvalue weighted by atomic mass is 10.1. The molecule has 1 aliphatic carbocycles. The third-order valence-corrected chi connectivity index (χ3v) is 4.17. The Morgan fingerprint density at radius 3 is 2.48 bits per heavy atom. The van der Waals surface area contributed by atoms with Gasteiger partial charge in [-0.25, -0.2) is 0 Å². The molecule has 2 amide bonds. The molecule has 1 aliphatic rings. The highest BCUT2D eigenvalue weighted by Gasteiger charge is 2.19. The number of nitrogens with zero attached hydrogens (tertiary/aromatic N) is 1. The van der Waals surface area contributed by atoms with Crippen molar-refractivity contribution in [3.63, 3.8) is 0 Å². The number of amides is 2. The van der Waals surface area contributed by atoms with Crippen molar-refractivity contribution in [2.45, 2.75) is 64.3 Å². The number of carbonyl (C=O) groups excluding carboxylic acids is 2. The summed E-state index contributed by atoms with van der Waals surface area (Å²) in [6.07, 6.45) is 6.98. The maximum Gasteiger partial charge on any atom is 0.266 e. The van der Waals surface area contributed by atoms with E-state index < -0.39 is 0 Å². The van der Waals surface area contributed by atoms with E-state index in [1.165, 1.54) is 18.9 Å². The molecule has 1 fully saturated rings. The number of aromatic nitrogens is 2. The standard InChI is InChI=1S/C16H26N4O3/c1-2-17-14(21)9-10-15(22)18-13-11-16(23)19-20(13)12-7-5-3-4-6-8-12/h11-12H,2-10H2,1H3,(H,17,21)(H,18,22)(H,19,23).